The Morgan fingerprint density at radius 2 is 1.74 bits per heavy atom. The third-order valence-electron chi connectivity index (χ3n) is 4.80. The molecule has 0 radical (unpaired) electrons. The molecule has 1 aliphatic rings. The lowest BCUT2D eigenvalue weighted by atomic mass is 9.93. The Kier molecular flexibility index (Phi) is 6.15. The molecule has 0 fully saturated rings. The summed E-state index contributed by atoms with van der Waals surface area (Å²) in [5.74, 6) is 1.32. The number of methoxy groups -OCH3 is 2. The van der Waals surface area contributed by atoms with Crippen molar-refractivity contribution < 1.29 is 14.3 Å². The highest BCUT2D eigenvalue weighted by molar-refractivity contribution is 6.35. The van der Waals surface area contributed by atoms with Crippen LogP contribution in [0.5, 0.6) is 11.5 Å². The summed E-state index contributed by atoms with van der Waals surface area (Å²) in [6, 6.07) is 9.09. The van der Waals surface area contributed by atoms with E-state index in [9.17, 15) is 4.79 Å². The van der Waals surface area contributed by atoms with Gasteiger partial charge in [-0.2, -0.15) is 0 Å². The van der Waals surface area contributed by atoms with Crippen molar-refractivity contribution in [3.8, 4) is 11.5 Å². The van der Waals surface area contributed by atoms with E-state index in [0.29, 0.717) is 21.5 Å². The van der Waals surface area contributed by atoms with Crippen molar-refractivity contribution in [2.24, 2.45) is 0 Å². The highest BCUT2D eigenvalue weighted by Gasteiger charge is 2.27. The van der Waals surface area contributed by atoms with Crippen LogP contribution < -0.4 is 14.8 Å². The standard InChI is InChI=1S/C20H22Cl2N2O3/c1-12-17-10-19(27-3)18(26-2)6-13(17)4-5-24(12)11-20(25)23-16-8-14(21)7-15(22)9-16/h6-10,12H,4-5,11H2,1-3H3,(H,23,25)/t12-/m1/s1. The predicted molar refractivity (Wildman–Crippen MR) is 108 cm³/mol. The van der Waals surface area contributed by atoms with Gasteiger partial charge in [0, 0.05) is 28.3 Å². The summed E-state index contributed by atoms with van der Waals surface area (Å²) in [4.78, 5) is 14.6. The Balaban J connectivity index is 1.73. The van der Waals surface area contributed by atoms with E-state index in [4.69, 9.17) is 32.7 Å². The molecule has 0 spiro atoms. The van der Waals surface area contributed by atoms with E-state index in [-0.39, 0.29) is 18.5 Å². The molecule has 0 aromatic heterocycles. The number of halogens is 2. The van der Waals surface area contributed by atoms with Crippen molar-refractivity contribution in [1.29, 1.82) is 0 Å². The van der Waals surface area contributed by atoms with E-state index in [2.05, 4.69) is 17.1 Å². The molecule has 1 heterocycles. The molecular formula is C20H22Cl2N2O3. The Labute approximate surface area is 169 Å². The van der Waals surface area contributed by atoms with Gasteiger partial charge in [-0.1, -0.05) is 23.2 Å². The zero-order valence-electron chi connectivity index (χ0n) is 15.5. The Bertz CT molecular complexity index is 837. The zero-order chi connectivity index (χ0) is 19.6. The van der Waals surface area contributed by atoms with Crippen molar-refractivity contribution in [2.75, 3.05) is 32.6 Å². The minimum Gasteiger partial charge on any atom is -0.493 e. The van der Waals surface area contributed by atoms with Crippen LogP contribution in [0.4, 0.5) is 5.69 Å². The molecule has 1 N–H and O–H groups in total. The molecule has 0 saturated heterocycles. The van der Waals surface area contributed by atoms with Crippen LogP contribution in [0.3, 0.4) is 0 Å². The first-order chi connectivity index (χ1) is 12.9. The number of carbonyl (C=O) groups is 1. The molecule has 2 aromatic rings. The Hall–Kier alpha value is -1.95. The number of ether oxygens (including phenoxy) is 2. The van der Waals surface area contributed by atoms with Crippen LogP contribution in [-0.4, -0.2) is 38.1 Å². The zero-order valence-corrected chi connectivity index (χ0v) is 17.0. The van der Waals surface area contributed by atoms with Gasteiger partial charge in [-0.05, 0) is 54.8 Å². The molecule has 1 aliphatic heterocycles. The third kappa shape index (κ3) is 4.49. The van der Waals surface area contributed by atoms with Gasteiger partial charge in [0.05, 0.1) is 20.8 Å². The topological polar surface area (TPSA) is 50.8 Å². The second-order valence-corrected chi connectivity index (χ2v) is 7.38. The minimum absolute atomic E-state index is 0.0854. The lowest BCUT2D eigenvalue weighted by molar-refractivity contribution is -0.117. The predicted octanol–water partition coefficient (Wildman–Crippen LogP) is 4.57. The molecule has 27 heavy (non-hydrogen) atoms. The second kappa shape index (κ2) is 8.38. The molecule has 2 aromatic carbocycles. The summed E-state index contributed by atoms with van der Waals surface area (Å²) < 4.78 is 10.8. The number of nitrogens with one attached hydrogen (secondary N) is 1. The van der Waals surface area contributed by atoms with Crippen LogP contribution in [0.1, 0.15) is 24.1 Å². The quantitative estimate of drug-likeness (QED) is 0.786. The fraction of sp³-hybridized carbons (Fsp3) is 0.350. The monoisotopic (exact) mass is 408 g/mol. The van der Waals surface area contributed by atoms with Crippen molar-refractivity contribution in [1.82, 2.24) is 4.90 Å². The van der Waals surface area contributed by atoms with Crippen LogP contribution >= 0.6 is 23.2 Å². The number of rotatable bonds is 5. The van der Waals surface area contributed by atoms with Gasteiger partial charge in [-0.25, -0.2) is 0 Å². The Morgan fingerprint density at radius 1 is 1.11 bits per heavy atom. The van der Waals surface area contributed by atoms with Gasteiger partial charge >= 0.3 is 0 Å². The van der Waals surface area contributed by atoms with Crippen LogP contribution in [0.15, 0.2) is 30.3 Å². The summed E-state index contributed by atoms with van der Waals surface area (Å²) in [5.41, 5.74) is 2.96. The number of nitrogens with zero attached hydrogens (tertiary/aromatic N) is 1. The summed E-state index contributed by atoms with van der Waals surface area (Å²) >= 11 is 12.0. The maximum atomic E-state index is 12.5. The van der Waals surface area contributed by atoms with Gasteiger partial charge in [0.15, 0.2) is 11.5 Å². The highest BCUT2D eigenvalue weighted by atomic mass is 35.5. The second-order valence-electron chi connectivity index (χ2n) is 6.51. The largest absolute Gasteiger partial charge is 0.493 e. The maximum Gasteiger partial charge on any atom is 0.238 e. The fourth-order valence-electron chi connectivity index (χ4n) is 3.42. The third-order valence-corrected chi connectivity index (χ3v) is 5.24. The minimum atomic E-state index is -0.107. The van der Waals surface area contributed by atoms with Gasteiger partial charge in [0.1, 0.15) is 0 Å². The van der Waals surface area contributed by atoms with Crippen LogP contribution in [0.2, 0.25) is 10.0 Å². The first kappa shape index (κ1) is 19.8. The molecular weight excluding hydrogens is 387 g/mol. The number of carbonyl (C=O) groups excluding carboxylic acids is 1. The normalized spacial score (nSPS) is 16.6. The summed E-state index contributed by atoms with van der Waals surface area (Å²) in [7, 11) is 3.26. The highest BCUT2D eigenvalue weighted by Crippen LogP contribution is 2.37. The molecule has 0 saturated carbocycles. The van der Waals surface area contributed by atoms with Crippen molar-refractivity contribution in [3.05, 3.63) is 51.5 Å². The molecule has 7 heteroatoms. The lowest BCUT2D eigenvalue weighted by Gasteiger charge is -2.35. The van der Waals surface area contributed by atoms with Gasteiger partial charge in [0.2, 0.25) is 5.91 Å². The first-order valence-electron chi connectivity index (χ1n) is 8.66. The van der Waals surface area contributed by atoms with Crippen LogP contribution in [0, 0.1) is 0 Å². The van der Waals surface area contributed by atoms with E-state index in [1.807, 2.05) is 12.1 Å². The van der Waals surface area contributed by atoms with E-state index in [1.54, 1.807) is 32.4 Å². The fourth-order valence-corrected chi connectivity index (χ4v) is 3.95. The van der Waals surface area contributed by atoms with E-state index < -0.39 is 0 Å². The molecule has 3 rings (SSSR count). The van der Waals surface area contributed by atoms with E-state index in [0.717, 1.165) is 24.3 Å². The first-order valence-corrected chi connectivity index (χ1v) is 9.41. The van der Waals surface area contributed by atoms with Gasteiger partial charge in [-0.3, -0.25) is 9.69 Å². The molecule has 0 aliphatic carbocycles. The number of hydrogen-bond donors (Lipinski definition) is 1. The molecule has 5 nitrogen and oxygen atoms in total. The van der Waals surface area contributed by atoms with Crippen LogP contribution in [0.25, 0.3) is 0 Å². The summed E-state index contributed by atoms with van der Waals surface area (Å²) in [6.07, 6.45) is 0.844. The number of amides is 1. The number of anilines is 1. The molecule has 144 valence electrons. The number of hydrogen-bond acceptors (Lipinski definition) is 4. The summed E-state index contributed by atoms with van der Waals surface area (Å²) in [5, 5.41) is 3.83. The average Bonchev–Trinajstić information content (AvgIpc) is 2.62. The molecule has 0 unspecified atom stereocenters. The van der Waals surface area contributed by atoms with Crippen molar-refractivity contribution in [3.63, 3.8) is 0 Å². The summed E-state index contributed by atoms with van der Waals surface area (Å²) in [6.45, 7) is 3.15. The molecule has 1 amide bonds. The SMILES string of the molecule is COc1cc2c(cc1OC)[C@@H](C)N(CC(=O)Nc1cc(Cl)cc(Cl)c1)CC2. The maximum absolute atomic E-state index is 12.5. The van der Waals surface area contributed by atoms with Crippen molar-refractivity contribution >= 4 is 34.8 Å². The molecule has 0 bridgehead atoms. The van der Waals surface area contributed by atoms with E-state index >= 15 is 0 Å². The smallest absolute Gasteiger partial charge is 0.238 e. The number of benzene rings is 2. The van der Waals surface area contributed by atoms with Gasteiger partial charge in [-0.15, -0.1) is 0 Å². The van der Waals surface area contributed by atoms with Crippen molar-refractivity contribution in [2.45, 2.75) is 19.4 Å². The van der Waals surface area contributed by atoms with Crippen LogP contribution in [-0.2, 0) is 11.2 Å². The van der Waals surface area contributed by atoms with E-state index in [1.165, 1.54) is 5.56 Å². The average molecular weight is 409 g/mol. The number of fused-ring (bicyclic) bond motifs is 1. The Morgan fingerprint density at radius 3 is 2.37 bits per heavy atom. The van der Waals surface area contributed by atoms with Gasteiger partial charge < -0.3 is 14.8 Å². The van der Waals surface area contributed by atoms with Gasteiger partial charge in [0.25, 0.3) is 0 Å². The lowest BCUT2D eigenvalue weighted by Crippen LogP contribution is -2.39. The molecule has 1 atom stereocenters.